The maximum absolute atomic E-state index is 13.3. The summed E-state index contributed by atoms with van der Waals surface area (Å²) in [6, 6.07) is 6.49. The van der Waals surface area contributed by atoms with Crippen LogP contribution in [0.3, 0.4) is 0 Å². The Morgan fingerprint density at radius 1 is 1.30 bits per heavy atom. The first kappa shape index (κ1) is 20.9. The van der Waals surface area contributed by atoms with Gasteiger partial charge < -0.3 is 15.5 Å². The van der Waals surface area contributed by atoms with Gasteiger partial charge in [-0.2, -0.15) is 5.10 Å². The van der Waals surface area contributed by atoms with E-state index >= 15 is 0 Å². The van der Waals surface area contributed by atoms with Gasteiger partial charge in [-0.3, -0.25) is 0 Å². The molecule has 27 heavy (non-hydrogen) atoms. The summed E-state index contributed by atoms with van der Waals surface area (Å²) >= 11 is 5.74. The molecule has 2 amide bonds. The summed E-state index contributed by atoms with van der Waals surface area (Å²) in [5.74, 6) is 0.610. The van der Waals surface area contributed by atoms with Crippen LogP contribution in [0.15, 0.2) is 30.5 Å². The molecule has 0 saturated carbocycles. The number of nitrogens with one attached hydrogen (secondary N) is 2. The van der Waals surface area contributed by atoms with Crippen molar-refractivity contribution in [1.29, 1.82) is 0 Å². The maximum atomic E-state index is 13.3. The molecule has 2 N–H and O–H groups in total. The van der Waals surface area contributed by atoms with Crippen molar-refractivity contribution in [3.8, 4) is 0 Å². The molecule has 1 aromatic carbocycles. The van der Waals surface area contributed by atoms with Crippen LogP contribution in [0.2, 0.25) is 5.02 Å². The first-order valence-electron chi connectivity index (χ1n) is 8.94. The lowest BCUT2D eigenvalue weighted by atomic mass is 10.1. The Balaban J connectivity index is 0.000000198. The van der Waals surface area contributed by atoms with E-state index in [9.17, 15) is 9.18 Å². The van der Waals surface area contributed by atoms with Crippen LogP contribution in [-0.4, -0.2) is 36.4 Å². The highest BCUT2D eigenvalue weighted by atomic mass is 35.5. The van der Waals surface area contributed by atoms with E-state index in [0.29, 0.717) is 10.6 Å². The molecule has 6 nitrogen and oxygen atoms in total. The first-order chi connectivity index (χ1) is 13.0. The largest absolute Gasteiger partial charge is 0.355 e. The van der Waals surface area contributed by atoms with E-state index in [1.54, 1.807) is 19.2 Å². The fraction of sp³-hybridized carbons (Fsp3) is 0.421. The minimum absolute atomic E-state index is 0.142. The van der Waals surface area contributed by atoms with E-state index in [0.717, 1.165) is 24.5 Å². The van der Waals surface area contributed by atoms with Crippen molar-refractivity contribution in [3.05, 3.63) is 52.4 Å². The Bertz CT molecular complexity index is 738. The van der Waals surface area contributed by atoms with Gasteiger partial charge in [-0.05, 0) is 56.0 Å². The Morgan fingerprint density at radius 3 is 2.67 bits per heavy atom. The van der Waals surface area contributed by atoms with Gasteiger partial charge in [-0.15, -0.1) is 5.10 Å². The van der Waals surface area contributed by atoms with Crippen molar-refractivity contribution in [2.75, 3.05) is 25.0 Å². The predicted octanol–water partition coefficient (Wildman–Crippen LogP) is 3.68. The van der Waals surface area contributed by atoms with Crippen LogP contribution in [0, 0.1) is 12.7 Å². The summed E-state index contributed by atoms with van der Waals surface area (Å²) in [4.78, 5) is 13.2. The fourth-order valence-electron chi connectivity index (χ4n) is 2.70. The zero-order chi connectivity index (χ0) is 19.6. The lowest BCUT2D eigenvalue weighted by Crippen LogP contribution is -2.32. The molecule has 2 aromatic rings. The number of piperidine rings is 1. The molecular weight excluding hydrogens is 369 g/mol. The van der Waals surface area contributed by atoms with Crippen LogP contribution < -0.4 is 15.5 Å². The number of hydrogen-bond donors (Lipinski definition) is 2. The van der Waals surface area contributed by atoms with Crippen molar-refractivity contribution in [2.24, 2.45) is 0 Å². The molecule has 1 aliphatic rings. The maximum Gasteiger partial charge on any atom is 0.314 e. The highest BCUT2D eigenvalue weighted by Crippen LogP contribution is 2.19. The third kappa shape index (κ3) is 6.67. The van der Waals surface area contributed by atoms with E-state index in [2.05, 4.69) is 25.7 Å². The standard InChI is InChI=1S/C10H12ClFN2O.C9H13N3/c1-6-3-7(5-14-10(15)13-2)9(12)4-8(6)11;1-2-7-12(8-3-1)9-5-4-6-10-11-9/h3-4H,5H2,1-2H3,(H2,13,14,15);4-6H,1-3,7-8H2. The molecule has 146 valence electrons. The van der Waals surface area contributed by atoms with Gasteiger partial charge in [0.25, 0.3) is 0 Å². The van der Waals surface area contributed by atoms with Crippen LogP contribution in [0.1, 0.15) is 30.4 Å². The van der Waals surface area contributed by atoms with E-state index < -0.39 is 5.82 Å². The van der Waals surface area contributed by atoms with Crippen molar-refractivity contribution >= 4 is 23.4 Å². The molecule has 3 rings (SSSR count). The van der Waals surface area contributed by atoms with Crippen LogP contribution >= 0.6 is 11.6 Å². The SMILES string of the molecule is CNC(=O)NCc1cc(C)c(Cl)cc1F.c1cnnc(N2CCCCC2)c1. The Morgan fingerprint density at radius 2 is 2.04 bits per heavy atom. The van der Waals surface area contributed by atoms with Gasteiger partial charge in [0.2, 0.25) is 0 Å². The molecule has 0 unspecified atom stereocenters. The first-order valence-corrected chi connectivity index (χ1v) is 9.32. The predicted molar refractivity (Wildman–Crippen MR) is 106 cm³/mol. The van der Waals surface area contributed by atoms with Gasteiger partial charge in [0.05, 0.1) is 0 Å². The number of hydrogen-bond acceptors (Lipinski definition) is 4. The average molecular weight is 394 g/mol. The highest BCUT2D eigenvalue weighted by Gasteiger charge is 2.11. The van der Waals surface area contributed by atoms with Gasteiger partial charge in [0, 0.05) is 43.5 Å². The number of carbonyl (C=O) groups is 1. The minimum Gasteiger partial charge on any atom is -0.355 e. The average Bonchev–Trinajstić information content (AvgIpc) is 2.71. The summed E-state index contributed by atoms with van der Waals surface area (Å²) in [5.41, 5.74) is 1.20. The van der Waals surface area contributed by atoms with Gasteiger partial charge in [-0.1, -0.05) is 11.6 Å². The molecule has 1 saturated heterocycles. The topological polar surface area (TPSA) is 70.1 Å². The van der Waals surface area contributed by atoms with Crippen LogP contribution in [0.25, 0.3) is 0 Å². The Kier molecular flexibility index (Phi) is 8.26. The summed E-state index contributed by atoms with van der Waals surface area (Å²) < 4.78 is 13.3. The fourth-order valence-corrected chi connectivity index (χ4v) is 2.85. The molecule has 8 heteroatoms. The monoisotopic (exact) mass is 393 g/mol. The normalized spacial score (nSPS) is 13.4. The Hall–Kier alpha value is -2.41. The second-order valence-electron chi connectivity index (χ2n) is 6.26. The molecule has 0 spiro atoms. The molecule has 0 atom stereocenters. The smallest absolute Gasteiger partial charge is 0.314 e. The van der Waals surface area contributed by atoms with Crippen LogP contribution in [0.4, 0.5) is 15.0 Å². The van der Waals surface area contributed by atoms with Crippen molar-refractivity contribution < 1.29 is 9.18 Å². The molecule has 0 aliphatic carbocycles. The summed E-state index contributed by atoms with van der Waals surface area (Å²) in [6.07, 6.45) is 5.65. The number of aryl methyl sites for hydroxylation is 1. The second-order valence-corrected chi connectivity index (χ2v) is 6.66. The molecule has 1 fully saturated rings. The van der Waals surface area contributed by atoms with Gasteiger partial charge in [-0.25, -0.2) is 9.18 Å². The van der Waals surface area contributed by atoms with Gasteiger partial charge >= 0.3 is 6.03 Å². The number of carbonyl (C=O) groups excluding carboxylic acids is 1. The third-order valence-corrected chi connectivity index (χ3v) is 4.64. The number of rotatable bonds is 3. The lowest BCUT2D eigenvalue weighted by Gasteiger charge is -2.26. The molecule has 1 aromatic heterocycles. The number of nitrogens with zero attached hydrogens (tertiary/aromatic N) is 3. The van der Waals surface area contributed by atoms with E-state index in [1.807, 2.05) is 12.1 Å². The summed E-state index contributed by atoms with van der Waals surface area (Å²) in [6.45, 7) is 4.20. The van der Waals surface area contributed by atoms with E-state index in [1.165, 1.54) is 32.4 Å². The van der Waals surface area contributed by atoms with E-state index in [-0.39, 0.29) is 12.6 Å². The molecule has 0 bridgehead atoms. The molecule has 0 radical (unpaired) electrons. The second kappa shape index (κ2) is 10.7. The zero-order valence-electron chi connectivity index (χ0n) is 15.6. The number of halogens is 2. The van der Waals surface area contributed by atoms with Gasteiger partial charge in [0.1, 0.15) is 5.82 Å². The van der Waals surface area contributed by atoms with Crippen molar-refractivity contribution in [2.45, 2.75) is 32.7 Å². The highest BCUT2D eigenvalue weighted by molar-refractivity contribution is 6.31. The summed E-state index contributed by atoms with van der Waals surface area (Å²) in [5, 5.41) is 13.2. The van der Waals surface area contributed by atoms with E-state index in [4.69, 9.17) is 11.6 Å². The lowest BCUT2D eigenvalue weighted by molar-refractivity contribution is 0.242. The number of aromatic nitrogens is 2. The Labute approximate surface area is 164 Å². The van der Waals surface area contributed by atoms with Gasteiger partial charge in [0.15, 0.2) is 5.82 Å². The minimum atomic E-state index is -0.415. The summed E-state index contributed by atoms with van der Waals surface area (Å²) in [7, 11) is 1.50. The molecule has 2 heterocycles. The van der Waals surface area contributed by atoms with Crippen molar-refractivity contribution in [1.82, 2.24) is 20.8 Å². The van der Waals surface area contributed by atoms with Crippen molar-refractivity contribution in [3.63, 3.8) is 0 Å². The third-order valence-electron chi connectivity index (χ3n) is 4.23. The zero-order valence-corrected chi connectivity index (χ0v) is 16.4. The number of anilines is 1. The number of amides is 2. The van der Waals surface area contributed by atoms with Crippen LogP contribution in [0.5, 0.6) is 0 Å². The van der Waals surface area contributed by atoms with Crippen LogP contribution in [-0.2, 0) is 6.54 Å². The molecule has 1 aliphatic heterocycles. The quantitative estimate of drug-likeness (QED) is 0.834. The number of benzene rings is 1. The molecular formula is C19H25ClFN5O. The number of urea groups is 1.